The number of carbonyl (C=O) groups is 2. The van der Waals surface area contributed by atoms with E-state index in [1.165, 1.54) is 116 Å². The van der Waals surface area contributed by atoms with Crippen molar-refractivity contribution in [2.75, 3.05) is 6.61 Å². The standard InChI is InChI=1S/C56H99NO5/c1-4-7-10-13-16-19-22-25-27-30-32-35-38-41-44-47-52(62-56(61)49-46-43-40-37-34-29-24-21-18-15-12-9-6-3)50-55(60)57-53(51-58)54(59)48-45-42-39-36-33-31-28-26-23-20-17-14-11-8-5-2/h7,10,16,19,25,27,29,32,34-35,41,44,52-54,58-59H,4-6,8-9,11-15,17-18,20-24,26,28,30-31,33,36-40,42-43,45-51H2,1-3H3,(H,57,60)/b10-7-,19-16-,27-25-,34-29-,35-32-,44-41-. The van der Waals surface area contributed by atoms with Crippen molar-refractivity contribution in [1.29, 1.82) is 0 Å². The first kappa shape index (κ1) is 59.3. The van der Waals surface area contributed by atoms with Gasteiger partial charge in [0.1, 0.15) is 6.10 Å². The Morgan fingerprint density at radius 2 is 0.903 bits per heavy atom. The number of carbonyl (C=O) groups excluding carboxylic acids is 2. The van der Waals surface area contributed by atoms with Crippen LogP contribution in [0.2, 0.25) is 0 Å². The van der Waals surface area contributed by atoms with E-state index < -0.39 is 18.2 Å². The Labute approximate surface area is 383 Å². The molecule has 3 N–H and O–H groups in total. The van der Waals surface area contributed by atoms with Gasteiger partial charge in [0.15, 0.2) is 0 Å². The highest BCUT2D eigenvalue weighted by Gasteiger charge is 2.23. The fourth-order valence-electron chi connectivity index (χ4n) is 7.57. The maximum absolute atomic E-state index is 13.2. The Balaban J connectivity index is 4.71. The highest BCUT2D eigenvalue weighted by molar-refractivity contribution is 5.77. The van der Waals surface area contributed by atoms with Gasteiger partial charge in [0.2, 0.25) is 5.91 Å². The summed E-state index contributed by atoms with van der Waals surface area (Å²) in [6, 6.07) is -0.737. The molecule has 62 heavy (non-hydrogen) atoms. The van der Waals surface area contributed by atoms with Gasteiger partial charge in [-0.05, 0) is 70.6 Å². The van der Waals surface area contributed by atoms with Crippen LogP contribution in [0.5, 0.6) is 0 Å². The van der Waals surface area contributed by atoms with E-state index in [0.717, 1.165) is 83.5 Å². The first-order valence-corrected chi connectivity index (χ1v) is 26.2. The summed E-state index contributed by atoms with van der Waals surface area (Å²) < 4.78 is 5.86. The molecule has 1 amide bonds. The molecule has 6 heteroatoms. The predicted molar refractivity (Wildman–Crippen MR) is 268 cm³/mol. The van der Waals surface area contributed by atoms with Crippen molar-refractivity contribution in [3.63, 3.8) is 0 Å². The van der Waals surface area contributed by atoms with E-state index in [9.17, 15) is 19.8 Å². The largest absolute Gasteiger partial charge is 0.461 e. The summed E-state index contributed by atoms with van der Waals surface area (Å²) in [4.78, 5) is 26.1. The third-order valence-electron chi connectivity index (χ3n) is 11.5. The average molecular weight is 866 g/mol. The molecule has 6 nitrogen and oxygen atoms in total. The van der Waals surface area contributed by atoms with Gasteiger partial charge in [0.25, 0.3) is 0 Å². The van der Waals surface area contributed by atoms with Gasteiger partial charge in [-0.15, -0.1) is 0 Å². The number of amides is 1. The van der Waals surface area contributed by atoms with E-state index in [1.54, 1.807) is 0 Å². The van der Waals surface area contributed by atoms with Crippen LogP contribution in [0.1, 0.15) is 245 Å². The van der Waals surface area contributed by atoms with E-state index in [-0.39, 0.29) is 24.9 Å². The van der Waals surface area contributed by atoms with Crippen molar-refractivity contribution in [3.05, 3.63) is 72.9 Å². The SMILES string of the molecule is CC/C=C\C/C=C\C/C=C\C/C=C\C/C=C\CC(CC(=O)NC(CO)C(O)CCCCCCCCCCCCCCCCC)OC(=O)CCCCC/C=C\CCCCCCCC. The fraction of sp³-hybridized carbons (Fsp3) is 0.750. The fourth-order valence-corrected chi connectivity index (χ4v) is 7.57. The molecule has 0 heterocycles. The number of rotatable bonds is 46. The van der Waals surface area contributed by atoms with Crippen LogP contribution in [0.15, 0.2) is 72.9 Å². The van der Waals surface area contributed by atoms with Crippen molar-refractivity contribution in [3.8, 4) is 0 Å². The molecule has 0 aliphatic heterocycles. The molecule has 0 aliphatic carbocycles. The minimum atomic E-state index is -0.816. The number of ether oxygens (including phenoxy) is 1. The number of hydrogen-bond donors (Lipinski definition) is 3. The van der Waals surface area contributed by atoms with Crippen molar-refractivity contribution in [1.82, 2.24) is 5.32 Å². The van der Waals surface area contributed by atoms with E-state index in [1.807, 2.05) is 12.2 Å². The number of unbranched alkanes of at least 4 members (excludes halogenated alkanes) is 23. The molecule has 0 aromatic carbocycles. The first-order chi connectivity index (χ1) is 30.5. The van der Waals surface area contributed by atoms with Gasteiger partial charge >= 0.3 is 5.97 Å². The van der Waals surface area contributed by atoms with Gasteiger partial charge < -0.3 is 20.3 Å². The topological polar surface area (TPSA) is 95.9 Å². The normalized spacial score (nSPS) is 13.8. The molecular weight excluding hydrogens is 767 g/mol. The van der Waals surface area contributed by atoms with Crippen molar-refractivity contribution < 1.29 is 24.5 Å². The molecule has 358 valence electrons. The van der Waals surface area contributed by atoms with E-state index in [0.29, 0.717) is 19.3 Å². The first-order valence-electron chi connectivity index (χ1n) is 26.2. The van der Waals surface area contributed by atoms with E-state index in [4.69, 9.17) is 4.74 Å². The summed E-state index contributed by atoms with van der Waals surface area (Å²) >= 11 is 0. The monoisotopic (exact) mass is 866 g/mol. The van der Waals surface area contributed by atoms with Crippen LogP contribution < -0.4 is 5.32 Å². The molecule has 0 saturated carbocycles. The molecule has 3 unspecified atom stereocenters. The number of hydrogen-bond acceptors (Lipinski definition) is 5. The minimum Gasteiger partial charge on any atom is -0.461 e. The van der Waals surface area contributed by atoms with Gasteiger partial charge in [0.05, 0.1) is 25.2 Å². The summed E-state index contributed by atoms with van der Waals surface area (Å²) in [5, 5.41) is 23.7. The summed E-state index contributed by atoms with van der Waals surface area (Å²) in [6.45, 7) is 6.33. The second-order valence-corrected chi connectivity index (χ2v) is 17.5. The van der Waals surface area contributed by atoms with Crippen LogP contribution in [0.4, 0.5) is 0 Å². The lowest BCUT2D eigenvalue weighted by Gasteiger charge is -2.24. The quantitative estimate of drug-likeness (QED) is 0.0322. The molecule has 0 radical (unpaired) electrons. The molecule has 3 atom stereocenters. The molecule has 0 bridgehead atoms. The maximum atomic E-state index is 13.2. The number of esters is 1. The predicted octanol–water partition coefficient (Wildman–Crippen LogP) is 15.8. The second kappa shape index (κ2) is 49.3. The highest BCUT2D eigenvalue weighted by Crippen LogP contribution is 2.16. The zero-order valence-electron chi connectivity index (χ0n) is 40.7. The lowest BCUT2D eigenvalue weighted by atomic mass is 10.0. The third kappa shape index (κ3) is 43.9. The Kier molecular flexibility index (Phi) is 47.2. The van der Waals surface area contributed by atoms with Crippen molar-refractivity contribution in [2.24, 2.45) is 0 Å². The number of aliphatic hydroxyl groups is 2. The van der Waals surface area contributed by atoms with Crippen molar-refractivity contribution >= 4 is 11.9 Å². The van der Waals surface area contributed by atoms with Crippen LogP contribution >= 0.6 is 0 Å². The van der Waals surface area contributed by atoms with Crippen LogP contribution in [-0.2, 0) is 14.3 Å². The Hall–Kier alpha value is -2.70. The number of aliphatic hydroxyl groups excluding tert-OH is 2. The molecule has 0 fully saturated rings. The molecule has 0 rings (SSSR count). The van der Waals surface area contributed by atoms with Gasteiger partial charge in [-0.1, -0.05) is 229 Å². The Bertz CT molecular complexity index is 1150. The summed E-state index contributed by atoms with van der Waals surface area (Å²) in [6.07, 6.45) is 62.6. The number of allylic oxidation sites excluding steroid dienone is 11. The Morgan fingerprint density at radius 1 is 0.500 bits per heavy atom. The second-order valence-electron chi connectivity index (χ2n) is 17.5. The zero-order valence-corrected chi connectivity index (χ0v) is 40.7. The molecule has 0 saturated heterocycles. The van der Waals surface area contributed by atoms with Gasteiger partial charge in [0, 0.05) is 12.8 Å². The molecule has 0 aromatic heterocycles. The highest BCUT2D eigenvalue weighted by atomic mass is 16.5. The molecular formula is C56H99NO5. The summed E-state index contributed by atoms with van der Waals surface area (Å²) in [5.41, 5.74) is 0. The van der Waals surface area contributed by atoms with Crippen molar-refractivity contribution in [2.45, 2.75) is 264 Å². The third-order valence-corrected chi connectivity index (χ3v) is 11.5. The van der Waals surface area contributed by atoms with Gasteiger partial charge in [-0.3, -0.25) is 9.59 Å². The molecule has 0 aromatic rings. The van der Waals surface area contributed by atoms with E-state index >= 15 is 0 Å². The van der Waals surface area contributed by atoms with Crippen LogP contribution in [0.3, 0.4) is 0 Å². The molecule has 0 spiro atoms. The average Bonchev–Trinajstić information content (AvgIpc) is 3.26. The van der Waals surface area contributed by atoms with Gasteiger partial charge in [-0.2, -0.15) is 0 Å². The summed E-state index contributed by atoms with van der Waals surface area (Å²) in [5.74, 6) is -0.599. The van der Waals surface area contributed by atoms with E-state index in [2.05, 4.69) is 86.8 Å². The lowest BCUT2D eigenvalue weighted by Crippen LogP contribution is -2.46. The summed E-state index contributed by atoms with van der Waals surface area (Å²) in [7, 11) is 0. The Morgan fingerprint density at radius 3 is 1.35 bits per heavy atom. The molecule has 0 aliphatic rings. The number of nitrogens with one attached hydrogen (secondary N) is 1. The smallest absolute Gasteiger partial charge is 0.306 e. The van der Waals surface area contributed by atoms with Crippen LogP contribution in [0.25, 0.3) is 0 Å². The van der Waals surface area contributed by atoms with Crippen LogP contribution in [-0.4, -0.2) is 46.9 Å². The lowest BCUT2D eigenvalue weighted by molar-refractivity contribution is -0.150. The minimum absolute atomic E-state index is 0.00830. The van der Waals surface area contributed by atoms with Gasteiger partial charge in [-0.25, -0.2) is 0 Å². The maximum Gasteiger partial charge on any atom is 0.306 e. The zero-order chi connectivity index (χ0) is 45.2. The van der Waals surface area contributed by atoms with Crippen LogP contribution in [0, 0.1) is 0 Å².